The van der Waals surface area contributed by atoms with Crippen LogP contribution in [0.4, 0.5) is 0 Å². The highest BCUT2D eigenvalue weighted by atomic mass is 16.2. The molecule has 5 nitrogen and oxygen atoms in total. The van der Waals surface area contributed by atoms with E-state index < -0.39 is 0 Å². The lowest BCUT2D eigenvalue weighted by atomic mass is 10.0. The maximum absolute atomic E-state index is 12.0. The number of aromatic nitrogens is 3. The Balaban J connectivity index is 1.79. The summed E-state index contributed by atoms with van der Waals surface area (Å²) in [6.07, 6.45) is 2.28. The number of rotatable bonds is 2. The number of hydrogen-bond donors (Lipinski definition) is 1. The Kier molecular flexibility index (Phi) is 1.81. The first-order chi connectivity index (χ1) is 7.25. The van der Waals surface area contributed by atoms with Gasteiger partial charge in [-0.15, -0.1) is 0 Å². The SMILES string of the molecule is CC1CN(C(=O)c2n[nH]nc2C2CC2)C1. The van der Waals surface area contributed by atoms with Crippen LogP contribution < -0.4 is 0 Å². The second-order valence-electron chi connectivity index (χ2n) is 4.65. The van der Waals surface area contributed by atoms with E-state index in [0.29, 0.717) is 17.5 Å². The summed E-state index contributed by atoms with van der Waals surface area (Å²) < 4.78 is 0. The van der Waals surface area contributed by atoms with Crippen molar-refractivity contribution in [3.05, 3.63) is 11.4 Å². The van der Waals surface area contributed by atoms with Crippen molar-refractivity contribution < 1.29 is 4.79 Å². The van der Waals surface area contributed by atoms with Crippen molar-refractivity contribution in [2.24, 2.45) is 5.92 Å². The van der Waals surface area contributed by atoms with Gasteiger partial charge in [0.05, 0.1) is 5.69 Å². The van der Waals surface area contributed by atoms with Gasteiger partial charge in [0.2, 0.25) is 0 Å². The first-order valence-electron chi connectivity index (χ1n) is 5.45. The molecule has 1 aromatic heterocycles. The van der Waals surface area contributed by atoms with E-state index in [4.69, 9.17) is 0 Å². The normalized spacial score (nSPS) is 21.5. The standard InChI is InChI=1S/C10H14N4O/c1-6-4-14(5-6)10(15)9-8(7-2-3-7)11-13-12-9/h6-7H,2-5H2,1H3,(H,11,12,13). The summed E-state index contributed by atoms with van der Waals surface area (Å²) in [4.78, 5) is 13.8. The zero-order valence-corrected chi connectivity index (χ0v) is 8.73. The summed E-state index contributed by atoms with van der Waals surface area (Å²) in [5.74, 6) is 1.15. The number of nitrogens with one attached hydrogen (secondary N) is 1. The average molecular weight is 206 g/mol. The summed E-state index contributed by atoms with van der Waals surface area (Å²) >= 11 is 0. The van der Waals surface area contributed by atoms with Gasteiger partial charge in [-0.2, -0.15) is 15.4 Å². The molecule has 1 N–H and O–H groups in total. The van der Waals surface area contributed by atoms with Gasteiger partial charge in [-0.3, -0.25) is 4.79 Å². The average Bonchev–Trinajstić information content (AvgIpc) is 2.91. The number of aromatic amines is 1. The van der Waals surface area contributed by atoms with Crippen molar-refractivity contribution in [1.29, 1.82) is 0 Å². The number of amides is 1. The maximum atomic E-state index is 12.0. The molecule has 2 heterocycles. The lowest BCUT2D eigenvalue weighted by Crippen LogP contribution is -2.49. The van der Waals surface area contributed by atoms with Crippen molar-refractivity contribution in [2.45, 2.75) is 25.7 Å². The first kappa shape index (κ1) is 8.88. The largest absolute Gasteiger partial charge is 0.337 e. The summed E-state index contributed by atoms with van der Waals surface area (Å²) in [6.45, 7) is 3.86. The van der Waals surface area contributed by atoms with Gasteiger partial charge in [-0.05, 0) is 18.8 Å². The number of likely N-dealkylation sites (tertiary alicyclic amines) is 1. The highest BCUT2D eigenvalue weighted by Gasteiger charge is 2.36. The Labute approximate surface area is 87.8 Å². The molecule has 1 saturated heterocycles. The van der Waals surface area contributed by atoms with Gasteiger partial charge < -0.3 is 4.90 Å². The van der Waals surface area contributed by atoms with E-state index in [0.717, 1.165) is 31.6 Å². The van der Waals surface area contributed by atoms with Gasteiger partial charge in [0, 0.05) is 19.0 Å². The first-order valence-corrected chi connectivity index (χ1v) is 5.45. The highest BCUT2D eigenvalue weighted by molar-refractivity contribution is 5.94. The maximum Gasteiger partial charge on any atom is 0.276 e. The molecule has 0 atom stereocenters. The third-order valence-corrected chi connectivity index (χ3v) is 3.09. The van der Waals surface area contributed by atoms with E-state index in [-0.39, 0.29) is 5.91 Å². The van der Waals surface area contributed by atoms with E-state index in [1.807, 2.05) is 4.90 Å². The van der Waals surface area contributed by atoms with Gasteiger partial charge in [-0.25, -0.2) is 0 Å². The van der Waals surface area contributed by atoms with E-state index in [1.165, 1.54) is 0 Å². The van der Waals surface area contributed by atoms with Crippen LogP contribution in [0.15, 0.2) is 0 Å². The number of carbonyl (C=O) groups excluding carboxylic acids is 1. The molecule has 80 valence electrons. The Bertz CT molecular complexity index is 390. The monoisotopic (exact) mass is 206 g/mol. The molecule has 1 aromatic rings. The van der Waals surface area contributed by atoms with Crippen LogP contribution in [0.5, 0.6) is 0 Å². The molecule has 1 aliphatic heterocycles. The molecule has 15 heavy (non-hydrogen) atoms. The molecule has 5 heteroatoms. The van der Waals surface area contributed by atoms with Crippen LogP contribution in [0.25, 0.3) is 0 Å². The molecule has 0 bridgehead atoms. The molecule has 0 unspecified atom stereocenters. The minimum absolute atomic E-state index is 0.0451. The van der Waals surface area contributed by atoms with E-state index >= 15 is 0 Å². The quantitative estimate of drug-likeness (QED) is 0.777. The molecule has 0 spiro atoms. The molecule has 1 saturated carbocycles. The Morgan fingerprint density at radius 2 is 2.13 bits per heavy atom. The van der Waals surface area contributed by atoms with Crippen molar-refractivity contribution in [3.8, 4) is 0 Å². The zero-order chi connectivity index (χ0) is 10.4. The molecule has 2 aliphatic rings. The van der Waals surface area contributed by atoms with Gasteiger partial charge in [-0.1, -0.05) is 6.92 Å². The summed E-state index contributed by atoms with van der Waals surface area (Å²) in [5, 5.41) is 10.6. The van der Waals surface area contributed by atoms with Crippen molar-refractivity contribution in [1.82, 2.24) is 20.3 Å². The summed E-state index contributed by atoms with van der Waals surface area (Å²) in [7, 11) is 0. The molecule has 0 radical (unpaired) electrons. The Morgan fingerprint density at radius 1 is 1.40 bits per heavy atom. The van der Waals surface area contributed by atoms with Crippen molar-refractivity contribution in [2.75, 3.05) is 13.1 Å². The molecule has 2 fully saturated rings. The molecular formula is C10H14N4O. The molecule has 1 amide bonds. The summed E-state index contributed by atoms with van der Waals surface area (Å²) in [5.41, 5.74) is 1.42. The van der Waals surface area contributed by atoms with Crippen LogP contribution in [0.2, 0.25) is 0 Å². The van der Waals surface area contributed by atoms with Crippen LogP contribution in [-0.4, -0.2) is 39.3 Å². The van der Waals surface area contributed by atoms with Crippen LogP contribution in [0.1, 0.15) is 41.9 Å². The highest BCUT2D eigenvalue weighted by Crippen LogP contribution is 2.40. The van der Waals surface area contributed by atoms with Crippen molar-refractivity contribution in [3.63, 3.8) is 0 Å². The van der Waals surface area contributed by atoms with Gasteiger partial charge in [0.15, 0.2) is 5.69 Å². The summed E-state index contributed by atoms with van der Waals surface area (Å²) in [6, 6.07) is 0. The van der Waals surface area contributed by atoms with Crippen molar-refractivity contribution >= 4 is 5.91 Å². The van der Waals surface area contributed by atoms with Gasteiger partial charge >= 0.3 is 0 Å². The van der Waals surface area contributed by atoms with Crippen LogP contribution in [0, 0.1) is 5.92 Å². The molecule has 1 aliphatic carbocycles. The minimum Gasteiger partial charge on any atom is -0.337 e. The van der Waals surface area contributed by atoms with Crippen LogP contribution >= 0.6 is 0 Å². The fourth-order valence-corrected chi connectivity index (χ4v) is 2.05. The van der Waals surface area contributed by atoms with E-state index in [9.17, 15) is 4.79 Å². The Hall–Kier alpha value is -1.39. The van der Waals surface area contributed by atoms with Crippen LogP contribution in [-0.2, 0) is 0 Å². The molecule has 3 rings (SSSR count). The lowest BCUT2D eigenvalue weighted by Gasteiger charge is -2.36. The van der Waals surface area contributed by atoms with E-state index in [2.05, 4.69) is 22.3 Å². The van der Waals surface area contributed by atoms with Crippen LogP contribution in [0.3, 0.4) is 0 Å². The second kappa shape index (κ2) is 3.05. The zero-order valence-electron chi connectivity index (χ0n) is 8.73. The fraction of sp³-hybridized carbons (Fsp3) is 0.700. The van der Waals surface area contributed by atoms with E-state index in [1.54, 1.807) is 0 Å². The molecule has 0 aromatic carbocycles. The Morgan fingerprint density at radius 3 is 2.73 bits per heavy atom. The topological polar surface area (TPSA) is 61.9 Å². The number of nitrogens with zero attached hydrogens (tertiary/aromatic N) is 3. The lowest BCUT2D eigenvalue weighted by molar-refractivity contribution is 0.0523. The predicted molar refractivity (Wildman–Crippen MR) is 53.4 cm³/mol. The molecular weight excluding hydrogens is 192 g/mol. The van der Waals surface area contributed by atoms with Gasteiger partial charge in [0.25, 0.3) is 5.91 Å². The second-order valence-corrected chi connectivity index (χ2v) is 4.65. The fourth-order valence-electron chi connectivity index (χ4n) is 2.05. The third kappa shape index (κ3) is 1.42. The smallest absolute Gasteiger partial charge is 0.276 e. The minimum atomic E-state index is 0.0451. The number of hydrogen-bond acceptors (Lipinski definition) is 3. The van der Waals surface area contributed by atoms with Gasteiger partial charge in [0.1, 0.15) is 0 Å². The number of H-pyrrole nitrogens is 1. The predicted octanol–water partition coefficient (Wildman–Crippen LogP) is 0.774. The number of carbonyl (C=O) groups is 1. The third-order valence-electron chi connectivity index (χ3n) is 3.09.